The first-order valence-electron chi connectivity index (χ1n) is 6.10. The maximum absolute atomic E-state index is 6.29. The molecule has 1 saturated heterocycles. The van der Waals surface area contributed by atoms with Gasteiger partial charge in [0, 0.05) is 0 Å². The van der Waals surface area contributed by atoms with Crippen LogP contribution in [0, 0.1) is 0 Å². The van der Waals surface area contributed by atoms with Crippen molar-refractivity contribution in [1.82, 2.24) is 0 Å². The third-order valence-electron chi connectivity index (χ3n) is 2.54. The van der Waals surface area contributed by atoms with Gasteiger partial charge in [-0.15, -0.1) is 0 Å². The van der Waals surface area contributed by atoms with E-state index in [2.05, 4.69) is 32.7 Å². The van der Waals surface area contributed by atoms with Crippen molar-refractivity contribution in [2.75, 3.05) is 6.61 Å². The lowest BCUT2D eigenvalue weighted by Crippen LogP contribution is -2.42. The van der Waals surface area contributed by atoms with Crippen molar-refractivity contribution < 1.29 is 8.85 Å². The first-order valence-corrected chi connectivity index (χ1v) is 12.6. The Bertz CT molecular complexity index is 195. The Kier molecular flexibility index (Phi) is 4.58. The van der Waals surface area contributed by atoms with Gasteiger partial charge in [-0.1, -0.05) is 12.8 Å². The number of rotatable bonds is 7. The van der Waals surface area contributed by atoms with Crippen LogP contribution in [0.2, 0.25) is 38.8 Å². The van der Waals surface area contributed by atoms with Gasteiger partial charge in [-0.3, -0.25) is 0 Å². The largest absolute Gasteiger partial charge is 0.456 e. The monoisotopic (exact) mass is 246 g/mol. The first-order chi connectivity index (χ1) is 6.79. The second-order valence-corrected chi connectivity index (χ2v) is 15.2. The van der Waals surface area contributed by atoms with Crippen molar-refractivity contribution >= 4 is 16.6 Å². The normalized spacial score (nSPS) is 21.8. The van der Waals surface area contributed by atoms with Gasteiger partial charge in [-0.05, 0) is 45.2 Å². The van der Waals surface area contributed by atoms with Gasteiger partial charge < -0.3 is 8.85 Å². The van der Waals surface area contributed by atoms with Gasteiger partial charge in [-0.2, -0.15) is 0 Å². The predicted octanol–water partition coefficient (Wildman–Crippen LogP) is 3.61. The Morgan fingerprint density at radius 1 is 1.13 bits per heavy atom. The van der Waals surface area contributed by atoms with Crippen LogP contribution >= 0.6 is 0 Å². The maximum Gasteiger partial charge on any atom is 0.173 e. The summed E-state index contributed by atoms with van der Waals surface area (Å²) >= 11 is 0. The summed E-state index contributed by atoms with van der Waals surface area (Å²) in [7, 11) is -2.69. The molecule has 1 unspecified atom stereocenters. The molecule has 0 aromatic carbocycles. The van der Waals surface area contributed by atoms with E-state index >= 15 is 0 Å². The van der Waals surface area contributed by atoms with E-state index in [-0.39, 0.29) is 0 Å². The summed E-state index contributed by atoms with van der Waals surface area (Å²) in [5.74, 6) is 0. The molecule has 0 aromatic heterocycles. The maximum atomic E-state index is 6.29. The van der Waals surface area contributed by atoms with Crippen LogP contribution in [0.4, 0.5) is 0 Å². The lowest BCUT2D eigenvalue weighted by molar-refractivity contribution is 0.390. The molecule has 1 heterocycles. The highest BCUT2D eigenvalue weighted by Crippen LogP contribution is 2.23. The summed E-state index contributed by atoms with van der Waals surface area (Å²) in [5, 5.41) is 0. The molecule has 1 atom stereocenters. The zero-order valence-electron chi connectivity index (χ0n) is 10.9. The molecule has 1 aliphatic heterocycles. The molecule has 0 spiro atoms. The molecule has 1 aliphatic rings. The van der Waals surface area contributed by atoms with E-state index in [9.17, 15) is 0 Å². The fourth-order valence-corrected chi connectivity index (χ4v) is 10.2. The van der Waals surface area contributed by atoms with Crippen molar-refractivity contribution in [3.8, 4) is 0 Å². The summed E-state index contributed by atoms with van der Waals surface area (Å²) in [6, 6.07) is 1.31. The first kappa shape index (κ1) is 13.4. The van der Waals surface area contributed by atoms with Crippen molar-refractivity contribution in [2.45, 2.75) is 64.1 Å². The summed E-state index contributed by atoms with van der Waals surface area (Å²) in [6.45, 7) is 12.6. The topological polar surface area (TPSA) is 21.8 Å². The third-order valence-corrected chi connectivity index (χ3v) is 8.76. The highest BCUT2D eigenvalue weighted by atomic mass is 28.4. The van der Waals surface area contributed by atoms with Gasteiger partial charge in [0.25, 0.3) is 0 Å². The quantitative estimate of drug-likeness (QED) is 0.389. The van der Waals surface area contributed by atoms with E-state index in [4.69, 9.17) is 8.85 Å². The van der Waals surface area contributed by atoms with Crippen LogP contribution in [0.1, 0.15) is 19.3 Å². The zero-order chi connectivity index (χ0) is 11.5. The zero-order valence-corrected chi connectivity index (χ0v) is 12.9. The van der Waals surface area contributed by atoms with Gasteiger partial charge >= 0.3 is 0 Å². The molecule has 0 aliphatic carbocycles. The van der Waals surface area contributed by atoms with E-state index in [1.54, 1.807) is 0 Å². The number of hydrogen-bond donors (Lipinski definition) is 0. The van der Waals surface area contributed by atoms with E-state index in [0.29, 0.717) is 6.10 Å². The minimum Gasteiger partial charge on any atom is -0.456 e. The van der Waals surface area contributed by atoms with Gasteiger partial charge in [0.1, 0.15) is 0 Å². The summed E-state index contributed by atoms with van der Waals surface area (Å²) < 4.78 is 11.5. The van der Waals surface area contributed by atoms with E-state index in [1.807, 2.05) is 0 Å². The molecule has 0 saturated carbocycles. The minimum atomic E-state index is -1.37. The van der Waals surface area contributed by atoms with Crippen molar-refractivity contribution in [2.24, 2.45) is 0 Å². The van der Waals surface area contributed by atoms with E-state index < -0.39 is 16.6 Å². The van der Waals surface area contributed by atoms with Crippen LogP contribution in [0.3, 0.4) is 0 Å². The Morgan fingerprint density at radius 3 is 2.20 bits per heavy atom. The number of hydrogen-bond acceptors (Lipinski definition) is 2. The van der Waals surface area contributed by atoms with Crippen LogP contribution < -0.4 is 0 Å². The number of ether oxygens (including phenoxy) is 1. The summed E-state index contributed by atoms with van der Waals surface area (Å²) in [4.78, 5) is 0. The third kappa shape index (κ3) is 7.27. The fraction of sp³-hybridized carbons (Fsp3) is 1.00. The molecule has 0 bridgehead atoms. The molecule has 0 aromatic rings. The molecule has 0 N–H and O–H groups in total. The van der Waals surface area contributed by atoms with Crippen LogP contribution in [-0.4, -0.2) is 29.3 Å². The molecule has 15 heavy (non-hydrogen) atoms. The number of epoxide rings is 1. The van der Waals surface area contributed by atoms with Crippen LogP contribution in [-0.2, 0) is 8.85 Å². The minimum absolute atomic E-state index is 0.604. The SMILES string of the molecule is C[Si](C)(C)O[Si](C)(C)CCCCC1CO1. The molecule has 1 fully saturated rings. The van der Waals surface area contributed by atoms with E-state index in [1.165, 1.54) is 25.3 Å². The lowest BCUT2D eigenvalue weighted by Gasteiger charge is -2.31. The lowest BCUT2D eigenvalue weighted by atomic mass is 10.2. The Balaban J connectivity index is 2.10. The molecule has 0 radical (unpaired) electrons. The highest BCUT2D eigenvalue weighted by Gasteiger charge is 2.29. The summed E-state index contributed by atoms with van der Waals surface area (Å²) in [6.07, 6.45) is 4.50. The average Bonchev–Trinajstić information content (AvgIpc) is 2.76. The second-order valence-electron chi connectivity index (χ2n) is 6.18. The van der Waals surface area contributed by atoms with Crippen molar-refractivity contribution in [1.29, 1.82) is 0 Å². The van der Waals surface area contributed by atoms with Gasteiger partial charge in [-0.25, -0.2) is 0 Å². The molecular formula is C11H26O2Si2. The van der Waals surface area contributed by atoms with Crippen molar-refractivity contribution in [3.63, 3.8) is 0 Å². The van der Waals surface area contributed by atoms with Crippen molar-refractivity contribution in [3.05, 3.63) is 0 Å². The molecule has 4 heteroatoms. The Labute approximate surface area is 96.6 Å². The standard InChI is InChI=1S/C11H26O2Si2/c1-14(2,3)13-15(4,5)9-7-6-8-11-10-12-11/h11H,6-10H2,1-5H3. The fourth-order valence-electron chi connectivity index (χ4n) is 2.04. The molecule has 1 rings (SSSR count). The van der Waals surface area contributed by atoms with Gasteiger partial charge in [0.05, 0.1) is 12.7 Å². The smallest absolute Gasteiger partial charge is 0.173 e. The molecular weight excluding hydrogens is 220 g/mol. The summed E-state index contributed by atoms with van der Waals surface area (Å²) in [5.41, 5.74) is 0. The molecule has 2 nitrogen and oxygen atoms in total. The van der Waals surface area contributed by atoms with Gasteiger partial charge in [0.15, 0.2) is 16.6 Å². The van der Waals surface area contributed by atoms with Crippen LogP contribution in [0.15, 0.2) is 0 Å². The number of unbranched alkanes of at least 4 members (excludes halogenated alkanes) is 1. The molecule has 0 amide bonds. The van der Waals surface area contributed by atoms with Crippen LogP contribution in [0.25, 0.3) is 0 Å². The second kappa shape index (κ2) is 5.12. The highest BCUT2D eigenvalue weighted by molar-refractivity contribution is 6.84. The average molecular weight is 246 g/mol. The van der Waals surface area contributed by atoms with Crippen LogP contribution in [0.5, 0.6) is 0 Å². The Hall–Kier alpha value is 0.354. The Morgan fingerprint density at radius 2 is 1.73 bits per heavy atom. The van der Waals surface area contributed by atoms with E-state index in [0.717, 1.165) is 6.61 Å². The predicted molar refractivity (Wildman–Crippen MR) is 70.3 cm³/mol. The van der Waals surface area contributed by atoms with Gasteiger partial charge in [0.2, 0.25) is 0 Å². The molecule has 90 valence electrons.